The van der Waals surface area contributed by atoms with Crippen LogP contribution in [0.25, 0.3) is 11.1 Å². The fourth-order valence-electron chi connectivity index (χ4n) is 4.19. The SMILES string of the molecule is N#CN1CC2CCC1C2.O=[C-]c1ccc(-c2ccccc2Sc2ccc(F)cc2)cc1.[Na+]. The molecular weight excluding hydrogens is 430 g/mol. The Morgan fingerprint density at radius 1 is 1.00 bits per heavy atom. The summed E-state index contributed by atoms with van der Waals surface area (Å²) in [5.74, 6) is 0.619. The molecule has 156 valence electrons. The van der Waals surface area contributed by atoms with Gasteiger partial charge in [0.05, 0.1) is 6.29 Å². The minimum absolute atomic E-state index is 0. The van der Waals surface area contributed by atoms with Gasteiger partial charge < -0.3 is 9.69 Å². The van der Waals surface area contributed by atoms with Crippen molar-refractivity contribution < 1.29 is 38.7 Å². The zero-order chi connectivity index (χ0) is 21.6. The molecule has 0 N–H and O–H groups in total. The predicted molar refractivity (Wildman–Crippen MR) is 121 cm³/mol. The van der Waals surface area contributed by atoms with Crippen LogP contribution in [0.3, 0.4) is 0 Å². The molecule has 1 saturated heterocycles. The Hall–Kier alpha value is -2.10. The third kappa shape index (κ3) is 6.02. The van der Waals surface area contributed by atoms with Crippen molar-refractivity contribution in [3.8, 4) is 17.3 Å². The van der Waals surface area contributed by atoms with Crippen molar-refractivity contribution in [2.45, 2.75) is 35.1 Å². The molecule has 3 aromatic carbocycles. The molecule has 2 fully saturated rings. The van der Waals surface area contributed by atoms with E-state index in [-0.39, 0.29) is 35.4 Å². The van der Waals surface area contributed by atoms with Gasteiger partial charge >= 0.3 is 29.6 Å². The van der Waals surface area contributed by atoms with Crippen LogP contribution < -0.4 is 29.6 Å². The Bertz CT molecular complexity index is 1080. The van der Waals surface area contributed by atoms with Crippen LogP contribution in [0.5, 0.6) is 0 Å². The monoisotopic (exact) mass is 452 g/mol. The molecule has 1 heterocycles. The van der Waals surface area contributed by atoms with Gasteiger partial charge in [0, 0.05) is 22.4 Å². The molecule has 2 aliphatic rings. The third-order valence-electron chi connectivity index (χ3n) is 5.78. The molecule has 2 bridgehead atoms. The van der Waals surface area contributed by atoms with Crippen molar-refractivity contribution in [1.82, 2.24) is 4.90 Å². The molecule has 3 nitrogen and oxygen atoms in total. The first-order valence-corrected chi connectivity index (χ1v) is 11.2. The van der Waals surface area contributed by atoms with Crippen LogP contribution in [-0.4, -0.2) is 23.8 Å². The number of halogens is 1. The fraction of sp³-hybridized carbons (Fsp3) is 0.231. The van der Waals surface area contributed by atoms with Crippen LogP contribution >= 0.6 is 11.8 Å². The smallest absolute Gasteiger partial charge is 0.376 e. The molecule has 1 aliphatic carbocycles. The van der Waals surface area contributed by atoms with E-state index in [0.29, 0.717) is 11.6 Å². The van der Waals surface area contributed by atoms with Gasteiger partial charge in [0.25, 0.3) is 0 Å². The first-order valence-electron chi connectivity index (χ1n) is 10.3. The van der Waals surface area contributed by atoms with E-state index in [4.69, 9.17) is 5.26 Å². The minimum atomic E-state index is -0.238. The quantitative estimate of drug-likeness (QED) is 0.347. The average molecular weight is 453 g/mol. The van der Waals surface area contributed by atoms with Gasteiger partial charge in [-0.1, -0.05) is 30.0 Å². The molecule has 3 aromatic rings. The molecule has 0 aromatic heterocycles. The number of carbonyl (C=O) groups excluding carboxylic acids is 1. The van der Waals surface area contributed by atoms with E-state index in [1.54, 1.807) is 36.0 Å². The molecule has 0 radical (unpaired) electrons. The summed E-state index contributed by atoms with van der Waals surface area (Å²) in [4.78, 5) is 14.6. The first kappa shape index (κ1) is 24.5. The van der Waals surface area contributed by atoms with Gasteiger partial charge in [0.2, 0.25) is 0 Å². The van der Waals surface area contributed by atoms with Crippen LogP contribution in [-0.2, 0) is 4.79 Å². The summed E-state index contributed by atoms with van der Waals surface area (Å²) in [5.41, 5.74) is 2.64. The standard InChI is InChI=1S/C19H12FOS.C7H10N2.Na/c20-16-9-11-17(12-10-16)22-19-4-2-1-3-18(19)15-7-5-14(13-21)6-8-15;8-5-9-4-6-1-2-7(9)3-6;/h1-12H;6-7H,1-4H2;/q-1;;+1. The van der Waals surface area contributed by atoms with E-state index >= 15 is 0 Å². The van der Waals surface area contributed by atoms with Crippen molar-refractivity contribution in [2.24, 2.45) is 5.92 Å². The summed E-state index contributed by atoms with van der Waals surface area (Å²) in [6, 6.07) is 22.4. The van der Waals surface area contributed by atoms with Crippen LogP contribution in [0.15, 0.2) is 82.6 Å². The second-order valence-electron chi connectivity index (χ2n) is 7.82. The van der Waals surface area contributed by atoms with E-state index in [1.807, 2.05) is 47.6 Å². The number of likely N-dealkylation sites (tertiary alicyclic amines) is 1. The van der Waals surface area contributed by atoms with Gasteiger partial charge in [-0.25, -0.2) is 4.39 Å². The van der Waals surface area contributed by atoms with Gasteiger partial charge in [-0.05, 0) is 66.6 Å². The summed E-state index contributed by atoms with van der Waals surface area (Å²) in [5, 5.41) is 8.56. The Labute approximate surface area is 214 Å². The van der Waals surface area contributed by atoms with E-state index in [2.05, 4.69) is 6.19 Å². The second kappa shape index (κ2) is 11.7. The number of benzene rings is 3. The van der Waals surface area contributed by atoms with Gasteiger partial charge in [0.15, 0.2) is 6.19 Å². The molecule has 1 saturated carbocycles. The first-order chi connectivity index (χ1) is 15.2. The Balaban J connectivity index is 0.000000241. The van der Waals surface area contributed by atoms with Gasteiger partial charge in [-0.3, -0.25) is 0 Å². The van der Waals surface area contributed by atoms with E-state index < -0.39 is 0 Å². The number of nitriles is 1. The molecule has 32 heavy (non-hydrogen) atoms. The number of nitrogens with zero attached hydrogens (tertiary/aromatic N) is 2. The largest absolute Gasteiger partial charge is 1.00 e. The van der Waals surface area contributed by atoms with Crippen molar-refractivity contribution in [2.75, 3.05) is 6.54 Å². The molecule has 1 aliphatic heterocycles. The van der Waals surface area contributed by atoms with Crippen molar-refractivity contribution in [1.29, 1.82) is 5.26 Å². The van der Waals surface area contributed by atoms with Gasteiger partial charge in [0.1, 0.15) is 5.82 Å². The topological polar surface area (TPSA) is 44.1 Å². The maximum absolute atomic E-state index is 13.0. The number of hydrogen-bond donors (Lipinski definition) is 0. The van der Waals surface area contributed by atoms with Crippen molar-refractivity contribution in [3.05, 3.63) is 84.2 Å². The summed E-state index contributed by atoms with van der Waals surface area (Å²) < 4.78 is 13.0. The number of piperidine rings is 1. The number of fused-ring (bicyclic) bond motifs is 2. The number of rotatable bonds is 4. The summed E-state index contributed by atoms with van der Waals surface area (Å²) in [7, 11) is 0. The molecular formula is C26H22FN2NaOS. The van der Waals surface area contributed by atoms with Crippen molar-refractivity contribution in [3.63, 3.8) is 0 Å². The normalized spacial score (nSPS) is 18.2. The van der Waals surface area contributed by atoms with Crippen LogP contribution in [0.4, 0.5) is 4.39 Å². The van der Waals surface area contributed by atoms with E-state index in [9.17, 15) is 9.18 Å². The van der Waals surface area contributed by atoms with Crippen molar-refractivity contribution >= 4 is 18.0 Å². The van der Waals surface area contributed by atoms with Gasteiger partial charge in [-0.2, -0.15) is 23.0 Å². The maximum atomic E-state index is 13.0. The fourth-order valence-corrected chi connectivity index (χ4v) is 5.16. The second-order valence-corrected chi connectivity index (χ2v) is 8.93. The van der Waals surface area contributed by atoms with Gasteiger partial charge in [-0.15, -0.1) is 12.1 Å². The summed E-state index contributed by atoms with van der Waals surface area (Å²) in [6.45, 7) is 1.04. The Morgan fingerprint density at radius 2 is 1.72 bits per heavy atom. The predicted octanol–water partition coefficient (Wildman–Crippen LogP) is 3.06. The Kier molecular flexibility index (Phi) is 8.95. The molecule has 2 unspecified atom stereocenters. The molecule has 0 amide bonds. The zero-order valence-corrected chi connectivity index (χ0v) is 20.8. The summed E-state index contributed by atoms with van der Waals surface area (Å²) >= 11 is 1.58. The minimum Gasteiger partial charge on any atom is -0.376 e. The molecule has 5 rings (SSSR count). The van der Waals surface area contributed by atoms with Crippen LogP contribution in [0, 0.1) is 23.2 Å². The third-order valence-corrected chi connectivity index (χ3v) is 6.86. The maximum Gasteiger partial charge on any atom is 1.00 e. The van der Waals surface area contributed by atoms with Crippen LogP contribution in [0.2, 0.25) is 0 Å². The summed E-state index contributed by atoms with van der Waals surface area (Å²) in [6.07, 6.45) is 8.01. The Morgan fingerprint density at radius 3 is 2.28 bits per heavy atom. The van der Waals surface area contributed by atoms with E-state index in [0.717, 1.165) is 33.4 Å². The molecule has 0 spiro atoms. The van der Waals surface area contributed by atoms with Crippen LogP contribution in [0.1, 0.15) is 24.8 Å². The zero-order valence-electron chi connectivity index (χ0n) is 18.0. The molecule has 2 atom stereocenters. The average Bonchev–Trinajstić information content (AvgIpc) is 3.45. The van der Waals surface area contributed by atoms with E-state index in [1.165, 1.54) is 31.4 Å². The number of hydrogen-bond acceptors (Lipinski definition) is 4. The molecule has 6 heteroatoms.